The van der Waals surface area contributed by atoms with Crippen molar-refractivity contribution < 1.29 is 4.74 Å². The molecular weight excluding hydrogens is 280 g/mol. The zero-order chi connectivity index (χ0) is 12.4. The Morgan fingerprint density at radius 1 is 1.00 bits per heavy atom. The Morgan fingerprint density at radius 3 is 2.29 bits per heavy atom. The number of aromatic nitrogens is 2. The number of hydrogen-bond donors (Lipinski definition) is 0. The highest BCUT2D eigenvalue weighted by Crippen LogP contribution is 2.26. The van der Waals surface area contributed by atoms with Gasteiger partial charge in [-0.05, 0) is 44.5 Å². The molecule has 1 aromatic heterocycles. The Morgan fingerprint density at radius 2 is 1.65 bits per heavy atom. The maximum Gasteiger partial charge on any atom is 0.322 e. The Hall–Kier alpha value is -1.42. The molecule has 0 aliphatic rings. The number of aryl methyl sites for hydroxylation is 3. The van der Waals surface area contributed by atoms with Crippen molar-refractivity contribution >= 4 is 15.9 Å². The number of hydrogen-bond acceptors (Lipinski definition) is 3. The van der Waals surface area contributed by atoms with E-state index in [1.54, 1.807) is 0 Å². The predicted octanol–water partition coefficient (Wildman–Crippen LogP) is 3.96. The molecule has 0 unspecified atom stereocenters. The van der Waals surface area contributed by atoms with Crippen LogP contribution in [0.4, 0.5) is 0 Å². The molecule has 1 aromatic carbocycles. The van der Waals surface area contributed by atoms with E-state index in [0.717, 1.165) is 27.2 Å². The van der Waals surface area contributed by atoms with E-state index in [0.29, 0.717) is 6.01 Å². The molecule has 0 atom stereocenters. The molecule has 0 aliphatic heterocycles. The van der Waals surface area contributed by atoms with Gasteiger partial charge in [0.05, 0.1) is 0 Å². The third-order valence-corrected chi connectivity index (χ3v) is 2.81. The molecule has 0 N–H and O–H groups in total. The molecule has 0 fully saturated rings. The van der Waals surface area contributed by atoms with Gasteiger partial charge in [-0.2, -0.15) is 0 Å². The van der Waals surface area contributed by atoms with Crippen LogP contribution in [0.5, 0.6) is 11.8 Å². The molecule has 0 spiro atoms. The summed E-state index contributed by atoms with van der Waals surface area (Å²) in [4.78, 5) is 8.50. The van der Waals surface area contributed by atoms with E-state index in [-0.39, 0.29) is 0 Å². The van der Waals surface area contributed by atoms with Crippen molar-refractivity contribution in [3.8, 4) is 11.8 Å². The minimum absolute atomic E-state index is 0.392. The summed E-state index contributed by atoms with van der Waals surface area (Å²) < 4.78 is 6.67. The van der Waals surface area contributed by atoms with Gasteiger partial charge in [0.15, 0.2) is 0 Å². The van der Waals surface area contributed by atoms with E-state index in [4.69, 9.17) is 4.74 Å². The van der Waals surface area contributed by atoms with Gasteiger partial charge in [0.25, 0.3) is 0 Å². The standard InChI is InChI=1S/C13H13BrN2O/c1-8-4-5-11(14)7-12(8)17-13-15-9(2)6-10(3)16-13/h4-7H,1-3H3. The fourth-order valence-electron chi connectivity index (χ4n) is 1.52. The van der Waals surface area contributed by atoms with Crippen LogP contribution in [-0.2, 0) is 0 Å². The van der Waals surface area contributed by atoms with Crippen LogP contribution >= 0.6 is 15.9 Å². The van der Waals surface area contributed by atoms with Crippen LogP contribution in [0.1, 0.15) is 17.0 Å². The fraction of sp³-hybridized carbons (Fsp3) is 0.231. The molecule has 1 heterocycles. The predicted molar refractivity (Wildman–Crippen MR) is 70.5 cm³/mol. The van der Waals surface area contributed by atoms with Crippen molar-refractivity contribution in [3.63, 3.8) is 0 Å². The minimum Gasteiger partial charge on any atom is -0.424 e. The maximum absolute atomic E-state index is 5.70. The summed E-state index contributed by atoms with van der Waals surface area (Å²) in [6, 6.07) is 8.19. The van der Waals surface area contributed by atoms with Crippen LogP contribution in [0.2, 0.25) is 0 Å². The van der Waals surface area contributed by atoms with Crippen LogP contribution in [-0.4, -0.2) is 9.97 Å². The zero-order valence-electron chi connectivity index (χ0n) is 9.99. The lowest BCUT2D eigenvalue weighted by Gasteiger charge is -2.08. The summed E-state index contributed by atoms with van der Waals surface area (Å²) in [5, 5.41) is 0. The number of rotatable bonds is 2. The van der Waals surface area contributed by atoms with Gasteiger partial charge in [0.1, 0.15) is 5.75 Å². The first-order valence-corrected chi connectivity index (χ1v) is 6.10. The Labute approximate surface area is 109 Å². The highest BCUT2D eigenvalue weighted by atomic mass is 79.9. The Bertz CT molecular complexity index is 535. The third kappa shape index (κ3) is 3.03. The number of nitrogens with zero attached hydrogens (tertiary/aromatic N) is 2. The monoisotopic (exact) mass is 292 g/mol. The van der Waals surface area contributed by atoms with Crippen molar-refractivity contribution in [1.29, 1.82) is 0 Å². The minimum atomic E-state index is 0.392. The number of halogens is 1. The zero-order valence-corrected chi connectivity index (χ0v) is 11.6. The van der Waals surface area contributed by atoms with Crippen molar-refractivity contribution in [1.82, 2.24) is 9.97 Å². The quantitative estimate of drug-likeness (QED) is 0.840. The van der Waals surface area contributed by atoms with Crippen molar-refractivity contribution in [2.75, 3.05) is 0 Å². The molecule has 17 heavy (non-hydrogen) atoms. The molecule has 4 heteroatoms. The first-order valence-electron chi connectivity index (χ1n) is 5.31. The van der Waals surface area contributed by atoms with Crippen molar-refractivity contribution in [2.24, 2.45) is 0 Å². The summed E-state index contributed by atoms with van der Waals surface area (Å²) in [5.74, 6) is 0.768. The molecule has 3 nitrogen and oxygen atoms in total. The van der Waals surface area contributed by atoms with Crippen LogP contribution in [0.3, 0.4) is 0 Å². The van der Waals surface area contributed by atoms with Gasteiger partial charge in [0.2, 0.25) is 0 Å². The fourth-order valence-corrected chi connectivity index (χ4v) is 1.86. The average molecular weight is 293 g/mol. The first kappa shape index (κ1) is 12.0. The van der Waals surface area contributed by atoms with Gasteiger partial charge in [-0.25, -0.2) is 9.97 Å². The van der Waals surface area contributed by atoms with Gasteiger partial charge < -0.3 is 4.74 Å². The lowest BCUT2D eigenvalue weighted by atomic mass is 10.2. The Balaban J connectivity index is 2.34. The van der Waals surface area contributed by atoms with Crippen LogP contribution in [0, 0.1) is 20.8 Å². The van der Waals surface area contributed by atoms with Crippen molar-refractivity contribution in [2.45, 2.75) is 20.8 Å². The van der Waals surface area contributed by atoms with Gasteiger partial charge in [0, 0.05) is 15.9 Å². The molecule has 0 saturated carbocycles. The van der Waals surface area contributed by atoms with Gasteiger partial charge >= 0.3 is 6.01 Å². The van der Waals surface area contributed by atoms with E-state index in [2.05, 4.69) is 25.9 Å². The molecule has 0 amide bonds. The summed E-state index contributed by atoms with van der Waals surface area (Å²) in [7, 11) is 0. The average Bonchev–Trinajstić information content (AvgIpc) is 2.22. The van der Waals surface area contributed by atoms with Crippen molar-refractivity contribution in [3.05, 3.63) is 45.7 Å². The van der Waals surface area contributed by atoms with E-state index >= 15 is 0 Å². The number of ether oxygens (including phenoxy) is 1. The summed E-state index contributed by atoms with van der Waals surface area (Å²) in [5.41, 5.74) is 2.86. The normalized spacial score (nSPS) is 10.4. The number of benzene rings is 1. The molecule has 0 radical (unpaired) electrons. The largest absolute Gasteiger partial charge is 0.424 e. The second-order valence-corrected chi connectivity index (χ2v) is 4.86. The topological polar surface area (TPSA) is 35.0 Å². The third-order valence-electron chi connectivity index (χ3n) is 2.31. The van der Waals surface area contributed by atoms with Crippen LogP contribution in [0.15, 0.2) is 28.7 Å². The van der Waals surface area contributed by atoms with E-state index in [9.17, 15) is 0 Å². The van der Waals surface area contributed by atoms with Gasteiger partial charge in [-0.1, -0.05) is 22.0 Å². The Kier molecular flexibility index (Phi) is 3.43. The molecular formula is C13H13BrN2O. The SMILES string of the molecule is Cc1cc(C)nc(Oc2cc(Br)ccc2C)n1. The van der Waals surface area contributed by atoms with Crippen LogP contribution in [0.25, 0.3) is 0 Å². The summed E-state index contributed by atoms with van der Waals surface area (Å²) in [6.45, 7) is 5.84. The molecule has 0 aliphatic carbocycles. The smallest absolute Gasteiger partial charge is 0.322 e. The molecule has 2 aromatic rings. The van der Waals surface area contributed by atoms with Gasteiger partial charge in [-0.3, -0.25) is 0 Å². The first-order chi connectivity index (χ1) is 8.04. The molecule has 88 valence electrons. The molecule has 0 bridgehead atoms. The lowest BCUT2D eigenvalue weighted by molar-refractivity contribution is 0.435. The highest BCUT2D eigenvalue weighted by Gasteiger charge is 2.05. The van der Waals surface area contributed by atoms with Gasteiger partial charge in [-0.15, -0.1) is 0 Å². The van der Waals surface area contributed by atoms with E-state index in [1.165, 1.54) is 0 Å². The summed E-state index contributed by atoms with van der Waals surface area (Å²) in [6.07, 6.45) is 0. The lowest BCUT2D eigenvalue weighted by Crippen LogP contribution is -1.96. The summed E-state index contributed by atoms with van der Waals surface area (Å²) >= 11 is 3.42. The van der Waals surface area contributed by atoms with E-state index < -0.39 is 0 Å². The van der Waals surface area contributed by atoms with Crippen LogP contribution < -0.4 is 4.74 Å². The molecule has 2 rings (SSSR count). The van der Waals surface area contributed by atoms with E-state index in [1.807, 2.05) is 45.0 Å². The second kappa shape index (κ2) is 4.84. The second-order valence-electron chi connectivity index (χ2n) is 3.95. The highest BCUT2D eigenvalue weighted by molar-refractivity contribution is 9.10. The maximum atomic E-state index is 5.70. The molecule has 0 saturated heterocycles.